The number of nitrogens with zero attached hydrogens (tertiary/aromatic N) is 2. The van der Waals surface area contributed by atoms with Crippen LogP contribution in [0.25, 0.3) is 0 Å². The van der Waals surface area contributed by atoms with Crippen molar-refractivity contribution in [2.45, 2.75) is 57.6 Å². The van der Waals surface area contributed by atoms with Crippen LogP contribution >= 0.6 is 0 Å². The molecule has 2 amide bonds. The molecule has 0 aromatic heterocycles. The van der Waals surface area contributed by atoms with Gasteiger partial charge in [-0.2, -0.15) is 0 Å². The second-order valence-electron chi connectivity index (χ2n) is 10.9. The molecular formula is C35H39N3O4S. The zero-order chi connectivity index (χ0) is 31.0. The molecule has 0 heterocycles. The van der Waals surface area contributed by atoms with E-state index in [-0.39, 0.29) is 29.8 Å². The maximum Gasteiger partial charge on any atom is 0.264 e. The molecule has 0 fully saturated rings. The van der Waals surface area contributed by atoms with Crippen LogP contribution in [0.3, 0.4) is 0 Å². The number of carbonyl (C=O) groups excluding carboxylic acids is 2. The highest BCUT2D eigenvalue weighted by Crippen LogP contribution is 2.28. The van der Waals surface area contributed by atoms with Gasteiger partial charge in [-0.05, 0) is 68.1 Å². The van der Waals surface area contributed by atoms with E-state index in [0.717, 1.165) is 21.0 Å². The van der Waals surface area contributed by atoms with E-state index < -0.39 is 28.5 Å². The third-order valence-electron chi connectivity index (χ3n) is 7.30. The quantitative estimate of drug-likeness (QED) is 0.228. The van der Waals surface area contributed by atoms with Gasteiger partial charge in [0, 0.05) is 19.0 Å². The zero-order valence-electron chi connectivity index (χ0n) is 25.1. The summed E-state index contributed by atoms with van der Waals surface area (Å²) in [6.07, 6.45) is 0.271. The number of sulfonamides is 1. The second-order valence-corrected chi connectivity index (χ2v) is 12.8. The first-order valence-electron chi connectivity index (χ1n) is 14.4. The van der Waals surface area contributed by atoms with Crippen molar-refractivity contribution < 1.29 is 18.0 Å². The number of carbonyl (C=O) groups is 2. The molecule has 0 saturated heterocycles. The molecule has 8 heteroatoms. The van der Waals surface area contributed by atoms with Crippen molar-refractivity contribution in [3.63, 3.8) is 0 Å². The van der Waals surface area contributed by atoms with Gasteiger partial charge in [-0.15, -0.1) is 0 Å². The summed E-state index contributed by atoms with van der Waals surface area (Å²) >= 11 is 0. The minimum Gasteiger partial charge on any atom is -0.352 e. The Hall–Kier alpha value is -4.43. The number of aryl methyl sites for hydroxylation is 2. The smallest absolute Gasteiger partial charge is 0.264 e. The van der Waals surface area contributed by atoms with Crippen molar-refractivity contribution in [3.8, 4) is 0 Å². The van der Waals surface area contributed by atoms with Crippen molar-refractivity contribution in [2.75, 3.05) is 10.8 Å². The fourth-order valence-electron chi connectivity index (χ4n) is 4.98. The molecule has 0 saturated carbocycles. The lowest BCUT2D eigenvalue weighted by molar-refractivity contribution is -0.140. The Balaban J connectivity index is 1.82. The van der Waals surface area contributed by atoms with Gasteiger partial charge in [0.1, 0.15) is 12.6 Å². The van der Waals surface area contributed by atoms with Crippen LogP contribution in [-0.2, 0) is 32.6 Å². The molecule has 0 aliphatic carbocycles. The summed E-state index contributed by atoms with van der Waals surface area (Å²) in [6.45, 7) is 7.18. The lowest BCUT2D eigenvalue weighted by Crippen LogP contribution is -2.54. The molecule has 1 N–H and O–H groups in total. The molecule has 0 aliphatic rings. The number of nitrogens with one attached hydrogen (secondary N) is 1. The first-order valence-corrected chi connectivity index (χ1v) is 15.8. The third-order valence-corrected chi connectivity index (χ3v) is 9.07. The van der Waals surface area contributed by atoms with E-state index in [1.165, 1.54) is 17.0 Å². The highest BCUT2D eigenvalue weighted by atomic mass is 32.2. The fraction of sp³-hybridized carbons (Fsp3) is 0.257. The van der Waals surface area contributed by atoms with Gasteiger partial charge >= 0.3 is 0 Å². The Bertz CT molecular complexity index is 1640. The van der Waals surface area contributed by atoms with E-state index in [9.17, 15) is 18.0 Å². The van der Waals surface area contributed by atoms with E-state index in [2.05, 4.69) is 5.32 Å². The van der Waals surface area contributed by atoms with E-state index in [1.807, 2.05) is 94.4 Å². The number of amides is 2. The first kappa shape index (κ1) is 31.5. The van der Waals surface area contributed by atoms with Gasteiger partial charge < -0.3 is 10.2 Å². The van der Waals surface area contributed by atoms with Crippen LogP contribution < -0.4 is 9.62 Å². The van der Waals surface area contributed by atoms with E-state index in [4.69, 9.17) is 0 Å². The van der Waals surface area contributed by atoms with Crippen LogP contribution in [0.4, 0.5) is 5.69 Å². The summed E-state index contributed by atoms with van der Waals surface area (Å²) in [5.74, 6) is -0.778. The van der Waals surface area contributed by atoms with Crippen LogP contribution in [0.15, 0.2) is 114 Å². The van der Waals surface area contributed by atoms with Crippen LogP contribution in [0, 0.1) is 13.8 Å². The molecule has 0 spiro atoms. The fourth-order valence-corrected chi connectivity index (χ4v) is 6.48. The van der Waals surface area contributed by atoms with Crippen molar-refractivity contribution in [1.29, 1.82) is 0 Å². The number of hydrogen-bond donors (Lipinski definition) is 1. The monoisotopic (exact) mass is 597 g/mol. The topological polar surface area (TPSA) is 86.8 Å². The van der Waals surface area contributed by atoms with Gasteiger partial charge in [-0.3, -0.25) is 13.9 Å². The molecule has 0 bridgehead atoms. The molecule has 43 heavy (non-hydrogen) atoms. The average molecular weight is 598 g/mol. The largest absolute Gasteiger partial charge is 0.352 e. The minimum atomic E-state index is -4.12. The van der Waals surface area contributed by atoms with Crippen LogP contribution in [0.2, 0.25) is 0 Å². The molecule has 4 rings (SSSR count). The summed E-state index contributed by atoms with van der Waals surface area (Å²) in [7, 11) is -4.12. The molecule has 4 aromatic rings. The molecule has 0 radical (unpaired) electrons. The third kappa shape index (κ3) is 7.90. The van der Waals surface area contributed by atoms with Gasteiger partial charge in [0.25, 0.3) is 10.0 Å². The van der Waals surface area contributed by atoms with Gasteiger partial charge in [-0.1, -0.05) is 91.0 Å². The number of benzene rings is 4. The average Bonchev–Trinajstić information content (AvgIpc) is 2.99. The van der Waals surface area contributed by atoms with Crippen LogP contribution in [-0.4, -0.2) is 43.8 Å². The molecule has 1 atom stereocenters. The predicted molar refractivity (Wildman–Crippen MR) is 171 cm³/mol. The lowest BCUT2D eigenvalue weighted by Gasteiger charge is -2.34. The Morgan fingerprint density at radius 2 is 1.30 bits per heavy atom. The summed E-state index contributed by atoms with van der Waals surface area (Å²) in [4.78, 5) is 29.9. The Morgan fingerprint density at radius 3 is 1.91 bits per heavy atom. The van der Waals surface area contributed by atoms with Gasteiger partial charge in [0.05, 0.1) is 10.6 Å². The van der Waals surface area contributed by atoms with Crippen LogP contribution in [0.1, 0.15) is 36.1 Å². The van der Waals surface area contributed by atoms with E-state index in [0.29, 0.717) is 11.3 Å². The lowest BCUT2D eigenvalue weighted by atomic mass is 10.0. The molecule has 4 aromatic carbocycles. The number of anilines is 1. The van der Waals surface area contributed by atoms with Crippen molar-refractivity contribution in [1.82, 2.24) is 10.2 Å². The van der Waals surface area contributed by atoms with E-state index >= 15 is 0 Å². The van der Waals surface area contributed by atoms with Crippen molar-refractivity contribution >= 4 is 27.5 Å². The Kier molecular flexibility index (Phi) is 10.4. The van der Waals surface area contributed by atoms with Crippen molar-refractivity contribution in [3.05, 3.63) is 131 Å². The molecular weight excluding hydrogens is 558 g/mol. The zero-order valence-corrected chi connectivity index (χ0v) is 25.9. The van der Waals surface area contributed by atoms with Crippen LogP contribution in [0.5, 0.6) is 0 Å². The predicted octanol–water partition coefficient (Wildman–Crippen LogP) is 5.66. The SMILES string of the molecule is Cc1ccccc1CN(C(=O)CN(c1ccccc1C)S(=O)(=O)c1ccccc1)[C@H](Cc1ccccc1)C(=O)NC(C)C. The second kappa shape index (κ2) is 14.2. The standard InChI is InChI=1S/C35H39N3O4S/c1-26(2)36-35(40)33(23-29-17-7-5-8-18-29)37(24-30-19-13-11-15-27(30)3)34(39)25-38(32-22-14-12-16-28(32)4)43(41,42)31-20-9-6-10-21-31/h5-22,26,33H,23-25H2,1-4H3,(H,36,40)/t33-/m1/s1. The number of rotatable bonds is 12. The van der Waals surface area contributed by atoms with Gasteiger partial charge in [-0.25, -0.2) is 8.42 Å². The highest BCUT2D eigenvalue weighted by Gasteiger charge is 2.35. The summed E-state index contributed by atoms with van der Waals surface area (Å²) in [6, 6.07) is 31.4. The summed E-state index contributed by atoms with van der Waals surface area (Å²) in [5.41, 5.74) is 3.84. The Labute approximate surface area is 255 Å². The number of hydrogen-bond acceptors (Lipinski definition) is 4. The molecule has 0 unspecified atom stereocenters. The van der Waals surface area contributed by atoms with Gasteiger partial charge in [0.2, 0.25) is 11.8 Å². The highest BCUT2D eigenvalue weighted by molar-refractivity contribution is 7.92. The van der Waals surface area contributed by atoms with Crippen molar-refractivity contribution in [2.24, 2.45) is 0 Å². The van der Waals surface area contributed by atoms with E-state index in [1.54, 1.807) is 30.3 Å². The maximum absolute atomic E-state index is 14.5. The maximum atomic E-state index is 14.5. The summed E-state index contributed by atoms with van der Waals surface area (Å²) < 4.78 is 29.3. The molecule has 0 aliphatic heterocycles. The Morgan fingerprint density at radius 1 is 0.744 bits per heavy atom. The number of para-hydroxylation sites is 1. The molecule has 224 valence electrons. The first-order chi connectivity index (χ1) is 20.6. The summed E-state index contributed by atoms with van der Waals surface area (Å²) in [5, 5.41) is 2.98. The minimum absolute atomic E-state index is 0.0786. The molecule has 7 nitrogen and oxygen atoms in total. The van der Waals surface area contributed by atoms with Gasteiger partial charge in [0.15, 0.2) is 0 Å². The normalized spacial score (nSPS) is 12.0.